The van der Waals surface area contributed by atoms with Crippen molar-refractivity contribution in [3.05, 3.63) is 71.7 Å². The molecule has 0 aliphatic heterocycles. The van der Waals surface area contributed by atoms with Crippen LogP contribution in [-0.4, -0.2) is 18.1 Å². The molecule has 2 aromatic carbocycles. The number of nitrogens with zero attached hydrogens (tertiary/aromatic N) is 2. The van der Waals surface area contributed by atoms with Gasteiger partial charge in [0, 0.05) is 17.3 Å². The molecule has 0 N–H and O–H groups in total. The van der Waals surface area contributed by atoms with Gasteiger partial charge >= 0.3 is 0 Å². The molecule has 0 aliphatic rings. The molecule has 0 bridgehead atoms. The highest BCUT2D eigenvalue weighted by atomic mass is 32.1. The number of anilines is 2. The second-order valence-electron chi connectivity index (χ2n) is 5.90. The number of aromatic nitrogens is 1. The van der Waals surface area contributed by atoms with E-state index >= 15 is 0 Å². The van der Waals surface area contributed by atoms with Gasteiger partial charge in [0.25, 0.3) is 0 Å². The van der Waals surface area contributed by atoms with Gasteiger partial charge in [0.15, 0.2) is 5.13 Å². The average Bonchev–Trinajstić information content (AvgIpc) is 3.19. The first-order chi connectivity index (χ1) is 12.4. The molecular formula is C21H24N2OS. The number of thiazole rings is 1. The largest absolute Gasteiger partial charge is 0.492 e. The Bertz CT molecular complexity index is 726. The zero-order chi connectivity index (χ0) is 17.3. The SMILES string of the molecule is CCCCc1ccc(OCCN(c2ccccc2)c2nccs2)cc1. The third-order valence-corrected chi connectivity index (χ3v) is 4.84. The molecule has 0 spiro atoms. The highest BCUT2D eigenvalue weighted by Gasteiger charge is 2.11. The predicted octanol–water partition coefficient (Wildman–Crippen LogP) is 5.70. The van der Waals surface area contributed by atoms with Gasteiger partial charge in [0.05, 0.1) is 6.54 Å². The average molecular weight is 353 g/mol. The second kappa shape index (κ2) is 9.23. The van der Waals surface area contributed by atoms with Crippen LogP contribution in [0.15, 0.2) is 66.2 Å². The van der Waals surface area contributed by atoms with Crippen molar-refractivity contribution in [1.82, 2.24) is 4.98 Å². The molecule has 0 saturated heterocycles. The summed E-state index contributed by atoms with van der Waals surface area (Å²) in [6.45, 7) is 3.59. The number of aryl methyl sites for hydroxylation is 1. The topological polar surface area (TPSA) is 25.4 Å². The van der Waals surface area contributed by atoms with E-state index in [0.29, 0.717) is 6.61 Å². The summed E-state index contributed by atoms with van der Waals surface area (Å²) in [6, 6.07) is 18.8. The lowest BCUT2D eigenvalue weighted by molar-refractivity contribution is 0.327. The highest BCUT2D eigenvalue weighted by molar-refractivity contribution is 7.13. The van der Waals surface area contributed by atoms with E-state index in [2.05, 4.69) is 53.2 Å². The van der Waals surface area contributed by atoms with E-state index in [9.17, 15) is 0 Å². The van der Waals surface area contributed by atoms with Crippen molar-refractivity contribution in [2.45, 2.75) is 26.2 Å². The van der Waals surface area contributed by atoms with Crippen molar-refractivity contribution >= 4 is 22.2 Å². The molecule has 0 aliphatic carbocycles. The first kappa shape index (κ1) is 17.5. The first-order valence-corrected chi connectivity index (χ1v) is 9.68. The molecule has 1 heterocycles. The molecule has 4 heteroatoms. The van der Waals surface area contributed by atoms with Gasteiger partial charge in [-0.2, -0.15) is 0 Å². The molecular weight excluding hydrogens is 328 g/mol. The summed E-state index contributed by atoms with van der Waals surface area (Å²) >= 11 is 1.64. The summed E-state index contributed by atoms with van der Waals surface area (Å²) in [7, 11) is 0. The molecule has 0 atom stereocenters. The van der Waals surface area contributed by atoms with Crippen molar-refractivity contribution in [1.29, 1.82) is 0 Å². The Morgan fingerprint density at radius 3 is 2.52 bits per heavy atom. The van der Waals surface area contributed by atoms with Gasteiger partial charge in [-0.15, -0.1) is 11.3 Å². The molecule has 0 radical (unpaired) electrons. The summed E-state index contributed by atoms with van der Waals surface area (Å²) in [6.07, 6.45) is 5.44. The van der Waals surface area contributed by atoms with Crippen molar-refractivity contribution in [3.8, 4) is 5.75 Å². The molecule has 1 aromatic heterocycles. The third-order valence-electron chi connectivity index (χ3n) is 4.04. The molecule has 25 heavy (non-hydrogen) atoms. The van der Waals surface area contributed by atoms with Crippen LogP contribution in [0.4, 0.5) is 10.8 Å². The van der Waals surface area contributed by atoms with E-state index in [1.54, 1.807) is 11.3 Å². The molecule has 3 aromatic rings. The van der Waals surface area contributed by atoms with Gasteiger partial charge in [-0.1, -0.05) is 43.7 Å². The van der Waals surface area contributed by atoms with Crippen LogP contribution in [-0.2, 0) is 6.42 Å². The normalized spacial score (nSPS) is 10.6. The van der Waals surface area contributed by atoms with Crippen molar-refractivity contribution in [2.75, 3.05) is 18.1 Å². The molecule has 3 nitrogen and oxygen atoms in total. The second-order valence-corrected chi connectivity index (χ2v) is 6.77. The number of unbranched alkanes of at least 4 members (excludes halogenated alkanes) is 1. The maximum absolute atomic E-state index is 5.95. The minimum atomic E-state index is 0.614. The van der Waals surface area contributed by atoms with Gasteiger partial charge in [-0.3, -0.25) is 0 Å². The maximum atomic E-state index is 5.95. The fraction of sp³-hybridized carbons (Fsp3) is 0.286. The van der Waals surface area contributed by atoms with Crippen LogP contribution in [0.25, 0.3) is 0 Å². The van der Waals surface area contributed by atoms with Crippen LogP contribution < -0.4 is 9.64 Å². The van der Waals surface area contributed by atoms with Crippen LogP contribution in [0.2, 0.25) is 0 Å². The van der Waals surface area contributed by atoms with Gasteiger partial charge < -0.3 is 9.64 Å². The standard InChI is InChI=1S/C21H24N2OS/c1-2-3-7-18-10-12-20(13-11-18)24-16-15-23(21-22-14-17-25-21)19-8-5-4-6-9-19/h4-6,8-14,17H,2-3,7,15-16H2,1H3. The van der Waals surface area contributed by atoms with Gasteiger partial charge in [0.2, 0.25) is 0 Å². The van der Waals surface area contributed by atoms with E-state index < -0.39 is 0 Å². The minimum Gasteiger partial charge on any atom is -0.492 e. The summed E-state index contributed by atoms with van der Waals surface area (Å²) in [5.74, 6) is 0.924. The van der Waals surface area contributed by atoms with E-state index in [4.69, 9.17) is 4.74 Å². The van der Waals surface area contributed by atoms with Crippen molar-refractivity contribution in [3.63, 3.8) is 0 Å². The summed E-state index contributed by atoms with van der Waals surface area (Å²) in [5.41, 5.74) is 2.51. The fourth-order valence-corrected chi connectivity index (χ4v) is 3.37. The smallest absolute Gasteiger partial charge is 0.189 e. The van der Waals surface area contributed by atoms with Crippen molar-refractivity contribution in [2.24, 2.45) is 0 Å². The minimum absolute atomic E-state index is 0.614. The quantitative estimate of drug-likeness (QED) is 0.494. The fourth-order valence-electron chi connectivity index (χ4n) is 2.68. The number of para-hydroxylation sites is 1. The lowest BCUT2D eigenvalue weighted by Crippen LogP contribution is -2.23. The van der Waals surface area contributed by atoms with Crippen molar-refractivity contribution < 1.29 is 4.74 Å². The lowest BCUT2D eigenvalue weighted by atomic mass is 10.1. The summed E-state index contributed by atoms with van der Waals surface area (Å²) in [5, 5.41) is 2.99. The number of hydrogen-bond acceptors (Lipinski definition) is 4. The number of benzene rings is 2. The Kier molecular flexibility index (Phi) is 6.46. The van der Waals surface area contributed by atoms with E-state index in [0.717, 1.165) is 29.5 Å². The molecule has 0 unspecified atom stereocenters. The van der Waals surface area contributed by atoms with Crippen LogP contribution in [0.3, 0.4) is 0 Å². The van der Waals surface area contributed by atoms with Crippen LogP contribution in [0.1, 0.15) is 25.3 Å². The van der Waals surface area contributed by atoms with Gasteiger partial charge in [-0.05, 0) is 42.7 Å². The Balaban J connectivity index is 1.58. The zero-order valence-electron chi connectivity index (χ0n) is 14.6. The summed E-state index contributed by atoms with van der Waals surface area (Å²) < 4.78 is 5.95. The Labute approximate surface area is 153 Å². The predicted molar refractivity (Wildman–Crippen MR) is 106 cm³/mol. The molecule has 130 valence electrons. The maximum Gasteiger partial charge on any atom is 0.189 e. The van der Waals surface area contributed by atoms with Crippen LogP contribution in [0.5, 0.6) is 5.75 Å². The molecule has 0 saturated carbocycles. The first-order valence-electron chi connectivity index (χ1n) is 8.80. The zero-order valence-corrected chi connectivity index (χ0v) is 15.4. The number of ether oxygens (including phenoxy) is 1. The van der Waals surface area contributed by atoms with Crippen LogP contribution in [0, 0.1) is 0 Å². The summed E-state index contributed by atoms with van der Waals surface area (Å²) in [4.78, 5) is 6.64. The van der Waals surface area contributed by atoms with E-state index in [1.165, 1.54) is 18.4 Å². The van der Waals surface area contributed by atoms with E-state index in [1.807, 2.05) is 29.8 Å². The van der Waals surface area contributed by atoms with Crippen LogP contribution >= 0.6 is 11.3 Å². The number of rotatable bonds is 9. The Morgan fingerprint density at radius 2 is 1.84 bits per heavy atom. The number of hydrogen-bond donors (Lipinski definition) is 0. The Hall–Kier alpha value is -2.33. The van der Waals surface area contributed by atoms with Gasteiger partial charge in [0.1, 0.15) is 12.4 Å². The molecule has 0 amide bonds. The molecule has 3 rings (SSSR count). The van der Waals surface area contributed by atoms with E-state index in [-0.39, 0.29) is 0 Å². The monoisotopic (exact) mass is 352 g/mol. The Morgan fingerprint density at radius 1 is 1.04 bits per heavy atom. The third kappa shape index (κ3) is 5.07. The molecule has 0 fully saturated rings. The van der Waals surface area contributed by atoms with Gasteiger partial charge in [-0.25, -0.2) is 4.98 Å². The lowest BCUT2D eigenvalue weighted by Gasteiger charge is -2.22. The highest BCUT2D eigenvalue weighted by Crippen LogP contribution is 2.26.